The van der Waals surface area contributed by atoms with E-state index >= 15 is 0 Å². The molecule has 1 aliphatic heterocycles. The van der Waals surface area contributed by atoms with Crippen molar-refractivity contribution >= 4 is 22.6 Å². The number of carbonyl (C=O) groups is 1. The van der Waals surface area contributed by atoms with Gasteiger partial charge in [0.2, 0.25) is 11.0 Å². The third-order valence-corrected chi connectivity index (χ3v) is 4.97. The van der Waals surface area contributed by atoms with Crippen LogP contribution in [0.5, 0.6) is 5.75 Å². The summed E-state index contributed by atoms with van der Waals surface area (Å²) in [6, 6.07) is 3.73. The average Bonchev–Trinajstić information content (AvgIpc) is 3.23. The Hall–Kier alpha value is -2.26. The second-order valence-corrected chi connectivity index (χ2v) is 7.27. The molecule has 1 unspecified atom stereocenters. The number of nitrogens with zero attached hydrogens (tertiary/aromatic N) is 5. The van der Waals surface area contributed by atoms with E-state index < -0.39 is 0 Å². The topological polar surface area (TPSA) is 83.5 Å². The Morgan fingerprint density at radius 1 is 1.50 bits per heavy atom. The van der Waals surface area contributed by atoms with E-state index in [4.69, 9.17) is 4.74 Å². The monoisotopic (exact) mass is 376 g/mol. The lowest BCUT2D eigenvalue weighted by molar-refractivity contribution is -0.119. The molecule has 1 N–H and O–H groups in total. The molecule has 1 saturated heterocycles. The number of carbonyl (C=O) groups excluding carboxylic acids is 1. The molecule has 1 aliphatic rings. The second kappa shape index (κ2) is 8.41. The fourth-order valence-corrected chi connectivity index (χ4v) is 3.36. The maximum absolute atomic E-state index is 11.0. The summed E-state index contributed by atoms with van der Waals surface area (Å²) in [5, 5.41) is 3.67. The van der Waals surface area contributed by atoms with Crippen molar-refractivity contribution in [3.05, 3.63) is 29.8 Å². The van der Waals surface area contributed by atoms with Gasteiger partial charge in [-0.2, -0.15) is 4.37 Å². The highest BCUT2D eigenvalue weighted by Gasteiger charge is 2.25. The van der Waals surface area contributed by atoms with E-state index in [1.54, 1.807) is 6.20 Å². The fraction of sp³-hybridized carbons (Fsp3) is 0.529. The summed E-state index contributed by atoms with van der Waals surface area (Å²) >= 11 is 1.42. The molecule has 26 heavy (non-hydrogen) atoms. The number of rotatable bonds is 7. The van der Waals surface area contributed by atoms with Crippen molar-refractivity contribution in [2.75, 3.05) is 32.1 Å². The van der Waals surface area contributed by atoms with Crippen LogP contribution in [0.15, 0.2) is 18.3 Å². The highest BCUT2D eigenvalue weighted by atomic mass is 32.1. The summed E-state index contributed by atoms with van der Waals surface area (Å²) in [6.45, 7) is 4.46. The number of anilines is 1. The zero-order valence-electron chi connectivity index (χ0n) is 15.3. The van der Waals surface area contributed by atoms with Gasteiger partial charge in [-0.3, -0.25) is 14.7 Å². The van der Waals surface area contributed by atoms with E-state index in [1.165, 1.54) is 18.5 Å². The van der Waals surface area contributed by atoms with Crippen LogP contribution in [0.1, 0.15) is 24.9 Å². The molecule has 0 aliphatic carbocycles. The molecule has 140 valence electrons. The first-order chi connectivity index (χ1) is 12.5. The molecular weight excluding hydrogens is 352 g/mol. The lowest BCUT2D eigenvalue weighted by Crippen LogP contribution is -2.25. The summed E-state index contributed by atoms with van der Waals surface area (Å²) in [7, 11) is 3.94. The van der Waals surface area contributed by atoms with Crippen molar-refractivity contribution in [1.82, 2.24) is 24.6 Å². The van der Waals surface area contributed by atoms with Crippen LogP contribution >= 0.6 is 11.5 Å². The zero-order chi connectivity index (χ0) is 18.5. The number of amides is 1. The van der Waals surface area contributed by atoms with E-state index in [2.05, 4.69) is 24.6 Å². The molecule has 1 atom stereocenters. The van der Waals surface area contributed by atoms with Gasteiger partial charge in [0.1, 0.15) is 11.9 Å². The molecule has 0 spiro atoms. The summed E-state index contributed by atoms with van der Waals surface area (Å²) < 4.78 is 10.5. The molecule has 3 heterocycles. The smallest absolute Gasteiger partial charge is 0.217 e. The van der Waals surface area contributed by atoms with Crippen molar-refractivity contribution in [3.8, 4) is 5.75 Å². The number of hydrogen-bond acceptors (Lipinski definition) is 8. The molecule has 1 fully saturated rings. The number of hydrogen-bond donors (Lipinski definition) is 1. The van der Waals surface area contributed by atoms with Gasteiger partial charge in [0, 0.05) is 57.9 Å². The quantitative estimate of drug-likeness (QED) is 0.779. The van der Waals surface area contributed by atoms with Crippen LogP contribution in [0.3, 0.4) is 0 Å². The molecule has 2 aromatic rings. The molecule has 2 aromatic heterocycles. The largest absolute Gasteiger partial charge is 0.489 e. The van der Waals surface area contributed by atoms with Gasteiger partial charge >= 0.3 is 0 Å². The molecule has 9 heteroatoms. The van der Waals surface area contributed by atoms with Crippen molar-refractivity contribution in [3.63, 3.8) is 0 Å². The van der Waals surface area contributed by atoms with Crippen LogP contribution in [-0.2, 0) is 17.9 Å². The SMILES string of the molecule is CC(=O)NCc1cc(OC2CCN(Cc3nsc(N(C)C)n3)C2)ccn1. The van der Waals surface area contributed by atoms with Gasteiger partial charge in [-0.05, 0) is 12.5 Å². The first-order valence-electron chi connectivity index (χ1n) is 8.58. The molecule has 0 aromatic carbocycles. The molecule has 0 saturated carbocycles. The molecule has 1 amide bonds. The summed E-state index contributed by atoms with van der Waals surface area (Å²) in [6.07, 6.45) is 2.81. The lowest BCUT2D eigenvalue weighted by Gasteiger charge is -2.16. The molecular formula is C17H24N6O2S. The van der Waals surface area contributed by atoms with E-state index in [1.807, 2.05) is 31.1 Å². The first-order valence-corrected chi connectivity index (χ1v) is 9.35. The number of aromatic nitrogens is 3. The van der Waals surface area contributed by atoms with Crippen LogP contribution in [0.25, 0.3) is 0 Å². The predicted octanol–water partition coefficient (Wildman–Crippen LogP) is 1.29. The maximum Gasteiger partial charge on any atom is 0.217 e. The normalized spacial score (nSPS) is 17.3. The minimum Gasteiger partial charge on any atom is -0.489 e. The van der Waals surface area contributed by atoms with E-state index in [9.17, 15) is 4.79 Å². The van der Waals surface area contributed by atoms with Gasteiger partial charge in [0.05, 0.1) is 18.8 Å². The highest BCUT2D eigenvalue weighted by Crippen LogP contribution is 2.21. The second-order valence-electron chi connectivity index (χ2n) is 6.54. The third kappa shape index (κ3) is 5.12. The Morgan fingerprint density at radius 3 is 3.08 bits per heavy atom. The lowest BCUT2D eigenvalue weighted by atomic mass is 10.3. The number of likely N-dealkylation sites (tertiary alicyclic amines) is 1. The van der Waals surface area contributed by atoms with E-state index in [0.29, 0.717) is 6.54 Å². The first kappa shape index (κ1) is 18.5. The Balaban J connectivity index is 1.51. The summed E-state index contributed by atoms with van der Waals surface area (Å²) in [5.74, 6) is 1.58. The Kier molecular flexibility index (Phi) is 6.00. The third-order valence-electron chi connectivity index (χ3n) is 4.04. The van der Waals surface area contributed by atoms with Gasteiger partial charge < -0.3 is 15.0 Å². The molecule has 3 rings (SSSR count). The van der Waals surface area contributed by atoms with Crippen LogP contribution in [0, 0.1) is 0 Å². The van der Waals surface area contributed by atoms with Crippen molar-refractivity contribution in [2.24, 2.45) is 0 Å². The Bertz CT molecular complexity index is 750. The van der Waals surface area contributed by atoms with Crippen molar-refractivity contribution in [1.29, 1.82) is 0 Å². The number of nitrogens with one attached hydrogen (secondary N) is 1. The summed E-state index contributed by atoms with van der Waals surface area (Å²) in [5.41, 5.74) is 0.787. The minimum atomic E-state index is -0.0716. The Morgan fingerprint density at radius 2 is 2.35 bits per heavy atom. The fourth-order valence-electron chi connectivity index (χ4n) is 2.76. The van der Waals surface area contributed by atoms with Crippen molar-refractivity contribution in [2.45, 2.75) is 32.5 Å². The summed E-state index contributed by atoms with van der Waals surface area (Å²) in [4.78, 5) is 24.1. The average molecular weight is 376 g/mol. The van der Waals surface area contributed by atoms with E-state index in [-0.39, 0.29) is 12.0 Å². The molecule has 8 nitrogen and oxygen atoms in total. The van der Waals surface area contributed by atoms with Gasteiger partial charge in [0.15, 0.2) is 5.82 Å². The molecule has 0 bridgehead atoms. The van der Waals surface area contributed by atoms with Gasteiger partial charge in [0.25, 0.3) is 0 Å². The standard InChI is InChI=1S/C17H24N6O2S/c1-12(24)19-9-13-8-14(4-6-18-13)25-15-5-7-23(10-15)11-16-20-17(22(2)3)26-21-16/h4,6,8,15H,5,7,9-11H2,1-3H3,(H,19,24). The van der Waals surface area contributed by atoms with Gasteiger partial charge in [-0.25, -0.2) is 4.98 Å². The minimum absolute atomic E-state index is 0.0716. The van der Waals surface area contributed by atoms with Crippen LogP contribution in [0.4, 0.5) is 5.13 Å². The van der Waals surface area contributed by atoms with Gasteiger partial charge in [-0.15, -0.1) is 0 Å². The molecule has 0 radical (unpaired) electrons. The van der Waals surface area contributed by atoms with E-state index in [0.717, 1.165) is 48.5 Å². The van der Waals surface area contributed by atoms with Crippen molar-refractivity contribution < 1.29 is 9.53 Å². The highest BCUT2D eigenvalue weighted by molar-refractivity contribution is 7.09. The Labute approximate surface area is 157 Å². The maximum atomic E-state index is 11.0. The van der Waals surface area contributed by atoms with Gasteiger partial charge in [-0.1, -0.05) is 0 Å². The number of ether oxygens (including phenoxy) is 1. The predicted molar refractivity (Wildman–Crippen MR) is 100 cm³/mol. The zero-order valence-corrected chi connectivity index (χ0v) is 16.1. The van der Waals surface area contributed by atoms with Crippen LogP contribution < -0.4 is 15.0 Å². The number of pyridine rings is 1. The van der Waals surface area contributed by atoms with Crippen LogP contribution in [0.2, 0.25) is 0 Å². The van der Waals surface area contributed by atoms with Crippen LogP contribution in [-0.4, -0.2) is 58.4 Å².